The minimum Gasteiger partial charge on any atom is -0.480 e. The molecule has 0 aliphatic rings. The van der Waals surface area contributed by atoms with Crippen molar-refractivity contribution in [1.82, 2.24) is 0 Å². The molecule has 0 saturated carbocycles. The molecule has 0 spiro atoms. The Kier molecular flexibility index (Phi) is 5.51. The van der Waals surface area contributed by atoms with Crippen LogP contribution in [0.15, 0.2) is 30.3 Å². The number of carboxylic acid groups (broad SMARTS) is 1. The summed E-state index contributed by atoms with van der Waals surface area (Å²) in [5.74, 6) is -0.812. The van der Waals surface area contributed by atoms with Crippen LogP contribution in [0.3, 0.4) is 0 Å². The molecule has 1 aromatic carbocycles. The van der Waals surface area contributed by atoms with Gasteiger partial charge in [-0.05, 0) is 12.1 Å². The van der Waals surface area contributed by atoms with Gasteiger partial charge in [0, 0.05) is 11.4 Å². The smallest absolute Gasteiger partial charge is 0.321 e. The van der Waals surface area contributed by atoms with Gasteiger partial charge in [-0.15, -0.1) is 11.8 Å². The molecular weight excluding hydrogens is 240 g/mol. The summed E-state index contributed by atoms with van der Waals surface area (Å²) in [6.07, 6.45) is 0. The number of para-hydroxylation sites is 1. The molecule has 92 valence electrons. The molecule has 6 heteroatoms. The highest BCUT2D eigenvalue weighted by atomic mass is 32.2. The average molecular weight is 254 g/mol. The van der Waals surface area contributed by atoms with Crippen molar-refractivity contribution in [3.8, 4) is 0 Å². The number of carboxylic acids is 1. The topological polar surface area (TPSA) is 92.4 Å². The first kappa shape index (κ1) is 13.5. The molecule has 1 aromatic rings. The highest BCUT2D eigenvalue weighted by molar-refractivity contribution is 8.00. The molecule has 0 saturated heterocycles. The minimum atomic E-state index is -1.05. The van der Waals surface area contributed by atoms with Gasteiger partial charge < -0.3 is 16.2 Å². The second kappa shape index (κ2) is 6.93. The number of nitrogens with one attached hydrogen (secondary N) is 1. The van der Waals surface area contributed by atoms with Crippen molar-refractivity contribution in [3.63, 3.8) is 0 Å². The summed E-state index contributed by atoms with van der Waals surface area (Å²) in [6.45, 7) is 0. The Hall–Kier alpha value is -1.53. The third kappa shape index (κ3) is 5.37. The van der Waals surface area contributed by atoms with E-state index in [1.807, 2.05) is 18.2 Å². The van der Waals surface area contributed by atoms with Crippen molar-refractivity contribution in [2.45, 2.75) is 6.04 Å². The molecule has 5 nitrogen and oxygen atoms in total. The normalized spacial score (nSPS) is 11.8. The monoisotopic (exact) mass is 254 g/mol. The van der Waals surface area contributed by atoms with E-state index in [0.717, 1.165) is 5.69 Å². The van der Waals surface area contributed by atoms with Gasteiger partial charge in [0.2, 0.25) is 5.91 Å². The van der Waals surface area contributed by atoms with Crippen LogP contribution in [-0.4, -0.2) is 34.5 Å². The van der Waals surface area contributed by atoms with Crippen LogP contribution in [0, 0.1) is 0 Å². The minimum absolute atomic E-state index is 0.168. The molecule has 0 aliphatic carbocycles. The standard InChI is InChI=1S/C11H14N2O3S/c12-9(11(15)16)6-17-7-10(14)13-8-4-2-1-3-5-8/h1-5,9H,6-7,12H2,(H,13,14)(H,15,16). The van der Waals surface area contributed by atoms with Crippen molar-refractivity contribution in [3.05, 3.63) is 30.3 Å². The largest absolute Gasteiger partial charge is 0.480 e. The van der Waals surface area contributed by atoms with Crippen molar-refractivity contribution in [1.29, 1.82) is 0 Å². The van der Waals surface area contributed by atoms with E-state index in [0.29, 0.717) is 0 Å². The molecule has 0 heterocycles. The quantitative estimate of drug-likeness (QED) is 0.697. The fraction of sp³-hybridized carbons (Fsp3) is 0.273. The fourth-order valence-corrected chi connectivity index (χ4v) is 1.84. The Labute approximate surface area is 103 Å². The van der Waals surface area contributed by atoms with Crippen LogP contribution < -0.4 is 11.1 Å². The van der Waals surface area contributed by atoms with Gasteiger partial charge in [-0.3, -0.25) is 9.59 Å². The van der Waals surface area contributed by atoms with Crippen LogP contribution in [0.2, 0.25) is 0 Å². The van der Waals surface area contributed by atoms with E-state index >= 15 is 0 Å². The molecular formula is C11H14N2O3S. The molecule has 1 atom stereocenters. The summed E-state index contributed by atoms with van der Waals surface area (Å²) in [4.78, 5) is 21.9. The fourth-order valence-electron chi connectivity index (χ4n) is 1.07. The summed E-state index contributed by atoms with van der Waals surface area (Å²) in [5, 5.41) is 11.2. The number of carbonyl (C=O) groups is 2. The molecule has 1 amide bonds. The first-order valence-corrected chi connectivity index (χ1v) is 6.16. The van der Waals surface area contributed by atoms with Gasteiger partial charge in [-0.25, -0.2) is 0 Å². The molecule has 1 rings (SSSR count). The van der Waals surface area contributed by atoms with Crippen molar-refractivity contribution < 1.29 is 14.7 Å². The number of hydrogen-bond donors (Lipinski definition) is 3. The van der Waals surface area contributed by atoms with Gasteiger partial charge in [-0.1, -0.05) is 18.2 Å². The lowest BCUT2D eigenvalue weighted by Crippen LogP contribution is -2.33. The number of rotatable bonds is 6. The Balaban J connectivity index is 2.25. The number of nitrogens with two attached hydrogens (primary N) is 1. The summed E-state index contributed by atoms with van der Waals surface area (Å²) < 4.78 is 0. The maximum Gasteiger partial charge on any atom is 0.321 e. The van der Waals surface area contributed by atoms with Crippen LogP contribution in [-0.2, 0) is 9.59 Å². The first-order chi connectivity index (χ1) is 8.09. The summed E-state index contributed by atoms with van der Waals surface area (Å²) in [6, 6.07) is 8.14. The molecule has 0 aliphatic heterocycles. The Morgan fingerprint density at radius 1 is 1.35 bits per heavy atom. The highest BCUT2D eigenvalue weighted by Crippen LogP contribution is 2.07. The first-order valence-electron chi connectivity index (χ1n) is 5.00. The Bertz CT molecular complexity index is 384. The lowest BCUT2D eigenvalue weighted by atomic mass is 10.3. The van der Waals surface area contributed by atoms with Crippen molar-refractivity contribution >= 4 is 29.3 Å². The number of amides is 1. The van der Waals surface area contributed by atoms with E-state index in [4.69, 9.17) is 10.8 Å². The van der Waals surface area contributed by atoms with E-state index < -0.39 is 12.0 Å². The van der Waals surface area contributed by atoms with E-state index in [1.165, 1.54) is 11.8 Å². The molecule has 4 N–H and O–H groups in total. The van der Waals surface area contributed by atoms with Crippen molar-refractivity contribution in [2.75, 3.05) is 16.8 Å². The van der Waals surface area contributed by atoms with Gasteiger partial charge in [0.15, 0.2) is 0 Å². The second-order valence-electron chi connectivity index (χ2n) is 3.37. The number of aliphatic carboxylic acids is 1. The van der Waals surface area contributed by atoms with Gasteiger partial charge in [-0.2, -0.15) is 0 Å². The maximum absolute atomic E-state index is 11.4. The van der Waals surface area contributed by atoms with Crippen LogP contribution in [0.4, 0.5) is 5.69 Å². The highest BCUT2D eigenvalue weighted by Gasteiger charge is 2.12. The predicted octanol–water partition coefficient (Wildman–Crippen LogP) is 0.770. The molecule has 17 heavy (non-hydrogen) atoms. The van der Waals surface area contributed by atoms with Gasteiger partial charge in [0.1, 0.15) is 6.04 Å². The van der Waals surface area contributed by atoms with Crippen LogP contribution in [0.1, 0.15) is 0 Å². The summed E-state index contributed by atoms with van der Waals surface area (Å²) >= 11 is 1.20. The van der Waals surface area contributed by atoms with Gasteiger partial charge in [0.05, 0.1) is 5.75 Å². The molecule has 0 fully saturated rings. The number of anilines is 1. The summed E-state index contributed by atoms with van der Waals surface area (Å²) in [5.41, 5.74) is 6.03. The van der Waals surface area contributed by atoms with Crippen LogP contribution >= 0.6 is 11.8 Å². The second-order valence-corrected chi connectivity index (χ2v) is 4.40. The van der Waals surface area contributed by atoms with E-state index in [1.54, 1.807) is 12.1 Å². The lowest BCUT2D eigenvalue weighted by Gasteiger charge is -2.06. The van der Waals surface area contributed by atoms with Crippen LogP contribution in [0.25, 0.3) is 0 Å². The number of benzene rings is 1. The van der Waals surface area contributed by atoms with Gasteiger partial charge >= 0.3 is 5.97 Å². The zero-order chi connectivity index (χ0) is 12.7. The third-order valence-corrected chi connectivity index (χ3v) is 2.97. The SMILES string of the molecule is NC(CSCC(=O)Nc1ccccc1)C(=O)O. The van der Waals surface area contributed by atoms with Crippen molar-refractivity contribution in [2.24, 2.45) is 5.73 Å². The maximum atomic E-state index is 11.4. The number of carbonyl (C=O) groups excluding carboxylic acids is 1. The Morgan fingerprint density at radius 2 is 2.00 bits per heavy atom. The van der Waals surface area contributed by atoms with E-state index in [-0.39, 0.29) is 17.4 Å². The Morgan fingerprint density at radius 3 is 2.59 bits per heavy atom. The van der Waals surface area contributed by atoms with Gasteiger partial charge in [0.25, 0.3) is 0 Å². The molecule has 1 unspecified atom stereocenters. The molecule has 0 aromatic heterocycles. The zero-order valence-corrected chi connectivity index (χ0v) is 9.94. The lowest BCUT2D eigenvalue weighted by molar-refractivity contribution is -0.137. The predicted molar refractivity (Wildman–Crippen MR) is 68.0 cm³/mol. The zero-order valence-electron chi connectivity index (χ0n) is 9.13. The number of hydrogen-bond acceptors (Lipinski definition) is 4. The average Bonchev–Trinajstić information content (AvgIpc) is 2.30. The molecule has 0 radical (unpaired) electrons. The summed E-state index contributed by atoms with van der Waals surface area (Å²) in [7, 11) is 0. The molecule has 0 bridgehead atoms. The van der Waals surface area contributed by atoms with Crippen LogP contribution in [0.5, 0.6) is 0 Å². The van der Waals surface area contributed by atoms with E-state index in [9.17, 15) is 9.59 Å². The van der Waals surface area contributed by atoms with E-state index in [2.05, 4.69) is 5.32 Å². The third-order valence-electron chi connectivity index (χ3n) is 1.91. The number of thioether (sulfide) groups is 1.